The molecule has 1 aromatic heterocycles. The standard InChI is InChI=1S/C11H15N3O2/c15-10(16)9-6-7-12-11(14-9)13-8-4-2-1-3-5-8/h6-8H,1-5H2,(H,15,16)(H,12,13,14). The number of carboxylic acids is 1. The topological polar surface area (TPSA) is 75.1 Å². The van der Waals surface area contributed by atoms with E-state index in [0.717, 1.165) is 12.8 Å². The number of carbonyl (C=O) groups is 1. The number of carboxylic acid groups (broad SMARTS) is 1. The molecule has 86 valence electrons. The Morgan fingerprint density at radius 2 is 2.12 bits per heavy atom. The maximum atomic E-state index is 10.7. The summed E-state index contributed by atoms with van der Waals surface area (Å²) < 4.78 is 0. The molecule has 1 aliphatic carbocycles. The van der Waals surface area contributed by atoms with Crippen molar-refractivity contribution in [3.63, 3.8) is 0 Å². The molecule has 1 heterocycles. The summed E-state index contributed by atoms with van der Waals surface area (Å²) in [5, 5.41) is 12.0. The number of aromatic carboxylic acids is 1. The second kappa shape index (κ2) is 4.92. The Bertz CT molecular complexity index is 375. The monoisotopic (exact) mass is 221 g/mol. The molecule has 0 unspecified atom stereocenters. The van der Waals surface area contributed by atoms with Gasteiger partial charge in [0.25, 0.3) is 0 Å². The summed E-state index contributed by atoms with van der Waals surface area (Å²) in [5.74, 6) is -0.596. The van der Waals surface area contributed by atoms with Crippen molar-refractivity contribution < 1.29 is 9.90 Å². The maximum Gasteiger partial charge on any atom is 0.354 e. The van der Waals surface area contributed by atoms with Gasteiger partial charge in [0.05, 0.1) is 0 Å². The van der Waals surface area contributed by atoms with Crippen LogP contribution in [-0.2, 0) is 0 Å². The molecule has 0 bridgehead atoms. The van der Waals surface area contributed by atoms with Crippen molar-refractivity contribution in [2.24, 2.45) is 0 Å². The lowest BCUT2D eigenvalue weighted by molar-refractivity contribution is 0.0690. The fourth-order valence-corrected chi connectivity index (χ4v) is 1.98. The van der Waals surface area contributed by atoms with Gasteiger partial charge in [-0.2, -0.15) is 0 Å². The Hall–Kier alpha value is -1.65. The molecule has 0 saturated heterocycles. The van der Waals surface area contributed by atoms with Crippen LogP contribution in [0.5, 0.6) is 0 Å². The van der Waals surface area contributed by atoms with Gasteiger partial charge in [-0.3, -0.25) is 0 Å². The molecule has 0 aromatic carbocycles. The molecule has 0 amide bonds. The van der Waals surface area contributed by atoms with E-state index in [1.807, 2.05) is 0 Å². The number of rotatable bonds is 3. The van der Waals surface area contributed by atoms with Crippen molar-refractivity contribution in [2.75, 3.05) is 5.32 Å². The predicted octanol–water partition coefficient (Wildman–Crippen LogP) is 1.92. The van der Waals surface area contributed by atoms with Crippen LogP contribution < -0.4 is 5.32 Å². The Morgan fingerprint density at radius 1 is 1.38 bits per heavy atom. The third-order valence-electron chi connectivity index (χ3n) is 2.81. The summed E-state index contributed by atoms with van der Waals surface area (Å²) in [7, 11) is 0. The molecule has 5 heteroatoms. The maximum absolute atomic E-state index is 10.7. The lowest BCUT2D eigenvalue weighted by Gasteiger charge is -2.22. The molecule has 1 saturated carbocycles. The van der Waals surface area contributed by atoms with Crippen molar-refractivity contribution in [3.05, 3.63) is 18.0 Å². The average Bonchev–Trinajstić information content (AvgIpc) is 2.30. The molecule has 0 radical (unpaired) electrons. The third-order valence-corrected chi connectivity index (χ3v) is 2.81. The van der Waals surface area contributed by atoms with Gasteiger partial charge in [0, 0.05) is 12.2 Å². The first-order valence-electron chi connectivity index (χ1n) is 5.58. The Labute approximate surface area is 93.9 Å². The molecule has 2 N–H and O–H groups in total. The van der Waals surface area contributed by atoms with Gasteiger partial charge >= 0.3 is 5.97 Å². The van der Waals surface area contributed by atoms with E-state index < -0.39 is 5.97 Å². The van der Waals surface area contributed by atoms with Gasteiger partial charge < -0.3 is 10.4 Å². The largest absolute Gasteiger partial charge is 0.477 e. The molecule has 5 nitrogen and oxygen atoms in total. The molecule has 1 aliphatic rings. The summed E-state index contributed by atoms with van der Waals surface area (Å²) in [5.41, 5.74) is 0.0355. The molecule has 0 atom stereocenters. The van der Waals surface area contributed by atoms with Gasteiger partial charge in [0.15, 0.2) is 5.69 Å². The van der Waals surface area contributed by atoms with Crippen molar-refractivity contribution in [3.8, 4) is 0 Å². The highest BCUT2D eigenvalue weighted by atomic mass is 16.4. The normalized spacial score (nSPS) is 17.0. The van der Waals surface area contributed by atoms with Gasteiger partial charge in [-0.05, 0) is 18.9 Å². The minimum atomic E-state index is -1.02. The first-order chi connectivity index (χ1) is 7.75. The van der Waals surface area contributed by atoms with E-state index in [9.17, 15) is 4.79 Å². The number of anilines is 1. The minimum Gasteiger partial charge on any atom is -0.477 e. The van der Waals surface area contributed by atoms with Crippen LogP contribution in [0.15, 0.2) is 12.3 Å². The quantitative estimate of drug-likeness (QED) is 0.815. The summed E-state index contributed by atoms with van der Waals surface area (Å²) in [6.07, 6.45) is 7.42. The van der Waals surface area contributed by atoms with Crippen LogP contribution in [0.1, 0.15) is 42.6 Å². The van der Waals surface area contributed by atoms with Gasteiger partial charge in [-0.25, -0.2) is 14.8 Å². The smallest absolute Gasteiger partial charge is 0.354 e. The van der Waals surface area contributed by atoms with Crippen LogP contribution in [0.2, 0.25) is 0 Å². The number of aromatic nitrogens is 2. The summed E-state index contributed by atoms with van der Waals surface area (Å²) in [6, 6.07) is 1.78. The number of hydrogen-bond donors (Lipinski definition) is 2. The van der Waals surface area contributed by atoms with Crippen molar-refractivity contribution in [1.82, 2.24) is 9.97 Å². The molecule has 0 spiro atoms. The molecular weight excluding hydrogens is 206 g/mol. The van der Waals surface area contributed by atoms with Crippen LogP contribution in [-0.4, -0.2) is 27.1 Å². The van der Waals surface area contributed by atoms with Crippen molar-refractivity contribution >= 4 is 11.9 Å². The highest BCUT2D eigenvalue weighted by Crippen LogP contribution is 2.19. The first-order valence-corrected chi connectivity index (χ1v) is 5.58. The van der Waals surface area contributed by atoms with E-state index in [0.29, 0.717) is 12.0 Å². The van der Waals surface area contributed by atoms with Crippen molar-refractivity contribution in [2.45, 2.75) is 38.1 Å². The van der Waals surface area contributed by atoms with Crippen LogP contribution in [0.4, 0.5) is 5.95 Å². The highest BCUT2D eigenvalue weighted by Gasteiger charge is 2.14. The summed E-state index contributed by atoms with van der Waals surface area (Å²) in [4.78, 5) is 18.7. The van der Waals surface area contributed by atoms with Gasteiger partial charge in [0.1, 0.15) is 0 Å². The van der Waals surface area contributed by atoms with E-state index in [-0.39, 0.29) is 5.69 Å². The zero-order chi connectivity index (χ0) is 11.4. The first kappa shape index (κ1) is 10.9. The second-order valence-corrected chi connectivity index (χ2v) is 4.05. The van der Waals surface area contributed by atoms with Crippen LogP contribution in [0.3, 0.4) is 0 Å². The van der Waals surface area contributed by atoms with E-state index in [2.05, 4.69) is 15.3 Å². The molecule has 16 heavy (non-hydrogen) atoms. The minimum absolute atomic E-state index is 0.0355. The van der Waals surface area contributed by atoms with Crippen LogP contribution in [0, 0.1) is 0 Å². The van der Waals surface area contributed by atoms with Crippen LogP contribution in [0.25, 0.3) is 0 Å². The Morgan fingerprint density at radius 3 is 2.81 bits per heavy atom. The molecular formula is C11H15N3O2. The fourth-order valence-electron chi connectivity index (χ4n) is 1.98. The lowest BCUT2D eigenvalue weighted by Crippen LogP contribution is -2.23. The fraction of sp³-hybridized carbons (Fsp3) is 0.545. The number of nitrogens with one attached hydrogen (secondary N) is 1. The van der Waals surface area contributed by atoms with E-state index in [4.69, 9.17) is 5.11 Å². The molecule has 1 aromatic rings. The Kier molecular flexibility index (Phi) is 3.34. The SMILES string of the molecule is O=C(O)c1ccnc(NC2CCCCC2)n1. The molecule has 2 rings (SSSR count). The number of hydrogen-bond acceptors (Lipinski definition) is 4. The van der Waals surface area contributed by atoms with Gasteiger partial charge in [-0.1, -0.05) is 19.3 Å². The number of nitrogens with zero attached hydrogens (tertiary/aromatic N) is 2. The highest BCUT2D eigenvalue weighted by molar-refractivity contribution is 5.85. The Balaban J connectivity index is 2.02. The molecule has 1 fully saturated rings. The zero-order valence-corrected chi connectivity index (χ0v) is 9.02. The van der Waals surface area contributed by atoms with E-state index >= 15 is 0 Å². The summed E-state index contributed by atoms with van der Waals surface area (Å²) >= 11 is 0. The van der Waals surface area contributed by atoms with Crippen molar-refractivity contribution in [1.29, 1.82) is 0 Å². The van der Waals surface area contributed by atoms with E-state index in [1.54, 1.807) is 0 Å². The third kappa shape index (κ3) is 2.68. The average molecular weight is 221 g/mol. The summed E-state index contributed by atoms with van der Waals surface area (Å²) in [6.45, 7) is 0. The lowest BCUT2D eigenvalue weighted by atomic mass is 9.96. The van der Waals surface area contributed by atoms with Crippen LogP contribution >= 0.6 is 0 Å². The van der Waals surface area contributed by atoms with E-state index in [1.165, 1.54) is 31.5 Å². The predicted molar refractivity (Wildman–Crippen MR) is 59.5 cm³/mol. The zero-order valence-electron chi connectivity index (χ0n) is 9.02. The van der Waals surface area contributed by atoms with Gasteiger partial charge in [0.2, 0.25) is 5.95 Å². The second-order valence-electron chi connectivity index (χ2n) is 4.05. The molecule has 0 aliphatic heterocycles. The van der Waals surface area contributed by atoms with Gasteiger partial charge in [-0.15, -0.1) is 0 Å².